The van der Waals surface area contributed by atoms with Gasteiger partial charge in [0.2, 0.25) is 0 Å². The molecule has 3 aliphatic heterocycles. The van der Waals surface area contributed by atoms with Crippen LogP contribution in [0.15, 0.2) is 48.5 Å². The predicted octanol–water partition coefficient (Wildman–Crippen LogP) is 5.68. The SMILES string of the molecule is CN1c2cc(C(=O)O)sc2NC1CN1CCC(c2cccc3c2OC[C@H](c2ccc(Cl)cc2)O3)CC1. The van der Waals surface area contributed by atoms with Crippen LogP contribution >= 0.6 is 22.9 Å². The predicted molar refractivity (Wildman–Crippen MR) is 142 cm³/mol. The van der Waals surface area contributed by atoms with Crippen molar-refractivity contribution in [2.75, 3.05) is 43.5 Å². The number of nitrogens with zero attached hydrogens (tertiary/aromatic N) is 2. The van der Waals surface area contributed by atoms with Crippen LogP contribution in [0.1, 0.15) is 45.7 Å². The van der Waals surface area contributed by atoms with Crippen LogP contribution < -0.4 is 19.7 Å². The van der Waals surface area contributed by atoms with E-state index in [0.717, 1.165) is 60.2 Å². The topological polar surface area (TPSA) is 74.3 Å². The number of ether oxygens (including phenoxy) is 2. The quantitative estimate of drug-likeness (QED) is 0.444. The van der Waals surface area contributed by atoms with Gasteiger partial charge in [0, 0.05) is 24.2 Å². The van der Waals surface area contributed by atoms with Crippen LogP contribution in [0.5, 0.6) is 11.5 Å². The maximum absolute atomic E-state index is 11.3. The van der Waals surface area contributed by atoms with Crippen molar-refractivity contribution in [3.05, 3.63) is 69.6 Å². The Kier molecular flexibility index (Phi) is 6.19. The third kappa shape index (κ3) is 4.38. The summed E-state index contributed by atoms with van der Waals surface area (Å²) in [6, 6.07) is 15.7. The van der Waals surface area contributed by atoms with Gasteiger partial charge in [-0.3, -0.25) is 4.90 Å². The number of carbonyl (C=O) groups is 1. The fraction of sp³-hybridized carbons (Fsp3) is 0.370. The average Bonchev–Trinajstić information content (AvgIpc) is 3.44. The average molecular weight is 526 g/mol. The number of halogens is 1. The Morgan fingerprint density at radius 1 is 1.19 bits per heavy atom. The molecule has 1 unspecified atom stereocenters. The molecule has 0 spiro atoms. The number of benzene rings is 2. The lowest BCUT2D eigenvalue weighted by Crippen LogP contribution is -2.46. The van der Waals surface area contributed by atoms with E-state index in [9.17, 15) is 9.90 Å². The first-order chi connectivity index (χ1) is 17.5. The Morgan fingerprint density at radius 2 is 1.97 bits per heavy atom. The molecule has 1 saturated heterocycles. The molecule has 3 aliphatic rings. The van der Waals surface area contributed by atoms with Crippen molar-refractivity contribution in [3.63, 3.8) is 0 Å². The number of rotatable bonds is 5. The molecule has 0 bridgehead atoms. The van der Waals surface area contributed by atoms with E-state index in [0.29, 0.717) is 22.4 Å². The molecule has 9 heteroatoms. The molecule has 0 radical (unpaired) electrons. The maximum atomic E-state index is 11.3. The molecular weight excluding hydrogens is 498 g/mol. The molecule has 3 aromatic rings. The molecule has 2 aromatic carbocycles. The van der Waals surface area contributed by atoms with Crippen LogP contribution in [0, 0.1) is 0 Å². The third-order valence-corrected chi connectivity index (χ3v) is 8.72. The fourth-order valence-corrected chi connectivity index (χ4v) is 6.50. The zero-order valence-electron chi connectivity index (χ0n) is 19.9. The minimum absolute atomic E-state index is 0.141. The van der Waals surface area contributed by atoms with E-state index in [1.54, 1.807) is 6.07 Å². The van der Waals surface area contributed by atoms with Crippen molar-refractivity contribution in [2.24, 2.45) is 0 Å². The van der Waals surface area contributed by atoms with Gasteiger partial charge in [-0.15, -0.1) is 11.3 Å². The second-order valence-electron chi connectivity index (χ2n) is 9.62. The van der Waals surface area contributed by atoms with Gasteiger partial charge >= 0.3 is 5.97 Å². The van der Waals surface area contributed by atoms with E-state index in [1.807, 2.05) is 37.4 Å². The number of piperidine rings is 1. The summed E-state index contributed by atoms with van der Waals surface area (Å²) in [5.41, 5.74) is 3.27. The number of carboxylic acid groups (broad SMARTS) is 1. The fourth-order valence-electron chi connectivity index (χ4n) is 5.40. The molecule has 0 saturated carbocycles. The van der Waals surface area contributed by atoms with Gasteiger partial charge in [0.25, 0.3) is 0 Å². The molecule has 7 nitrogen and oxygen atoms in total. The van der Waals surface area contributed by atoms with Gasteiger partial charge in [-0.1, -0.05) is 35.9 Å². The van der Waals surface area contributed by atoms with E-state index in [-0.39, 0.29) is 12.3 Å². The lowest BCUT2D eigenvalue weighted by Gasteiger charge is -2.36. The van der Waals surface area contributed by atoms with Gasteiger partial charge < -0.3 is 24.8 Å². The van der Waals surface area contributed by atoms with Crippen molar-refractivity contribution < 1.29 is 19.4 Å². The molecule has 0 amide bonds. The Labute approximate surface area is 219 Å². The zero-order valence-corrected chi connectivity index (χ0v) is 21.5. The van der Waals surface area contributed by atoms with Crippen LogP contribution in [0.4, 0.5) is 10.7 Å². The molecule has 188 valence electrons. The molecule has 1 aromatic heterocycles. The van der Waals surface area contributed by atoms with E-state index in [2.05, 4.69) is 27.2 Å². The van der Waals surface area contributed by atoms with Gasteiger partial charge in [-0.2, -0.15) is 0 Å². The first kappa shape index (κ1) is 23.5. The first-order valence-electron chi connectivity index (χ1n) is 12.2. The Balaban J connectivity index is 1.07. The Morgan fingerprint density at radius 3 is 2.69 bits per heavy atom. The number of para-hydroxylation sites is 1. The highest BCUT2D eigenvalue weighted by molar-refractivity contribution is 7.18. The van der Waals surface area contributed by atoms with Crippen LogP contribution in [-0.4, -0.2) is 55.4 Å². The molecule has 2 N–H and O–H groups in total. The summed E-state index contributed by atoms with van der Waals surface area (Å²) in [4.78, 5) is 16.3. The Bertz CT molecular complexity index is 1270. The minimum atomic E-state index is -0.874. The van der Waals surface area contributed by atoms with Crippen LogP contribution in [0.2, 0.25) is 5.02 Å². The summed E-state index contributed by atoms with van der Waals surface area (Å²) in [6.07, 6.45) is 2.12. The van der Waals surface area contributed by atoms with Gasteiger partial charge in [0.1, 0.15) is 22.7 Å². The summed E-state index contributed by atoms with van der Waals surface area (Å²) < 4.78 is 12.6. The molecule has 6 rings (SSSR count). The normalized spacial score (nSPS) is 21.8. The second-order valence-corrected chi connectivity index (χ2v) is 11.1. The second kappa shape index (κ2) is 9.50. The molecule has 1 fully saturated rings. The molecule has 36 heavy (non-hydrogen) atoms. The van der Waals surface area contributed by atoms with Crippen molar-refractivity contribution in [1.82, 2.24) is 4.90 Å². The van der Waals surface area contributed by atoms with E-state index >= 15 is 0 Å². The number of likely N-dealkylation sites (N-methyl/N-ethyl adjacent to an activating group) is 1. The van der Waals surface area contributed by atoms with Crippen molar-refractivity contribution >= 4 is 39.6 Å². The highest BCUT2D eigenvalue weighted by Crippen LogP contribution is 2.45. The summed E-state index contributed by atoms with van der Waals surface area (Å²) in [6.45, 7) is 3.38. The van der Waals surface area contributed by atoms with Crippen LogP contribution in [0.25, 0.3) is 0 Å². The number of hydrogen-bond acceptors (Lipinski definition) is 7. The number of aromatic carboxylic acids is 1. The van der Waals surface area contributed by atoms with E-state index < -0.39 is 5.97 Å². The summed E-state index contributed by atoms with van der Waals surface area (Å²) >= 11 is 7.34. The molecular formula is C27H28ClN3O4S. The number of thiophene rings is 1. The first-order valence-corrected chi connectivity index (χ1v) is 13.4. The van der Waals surface area contributed by atoms with Crippen molar-refractivity contribution in [3.8, 4) is 11.5 Å². The largest absolute Gasteiger partial charge is 0.485 e. The zero-order chi connectivity index (χ0) is 24.8. The highest BCUT2D eigenvalue weighted by atomic mass is 35.5. The lowest BCUT2D eigenvalue weighted by molar-refractivity contribution is 0.0702. The van der Waals surface area contributed by atoms with Crippen LogP contribution in [-0.2, 0) is 0 Å². The number of carboxylic acids is 1. The van der Waals surface area contributed by atoms with Gasteiger partial charge in [0.15, 0.2) is 17.6 Å². The Hall–Kier alpha value is -2.94. The summed E-state index contributed by atoms with van der Waals surface area (Å²) in [7, 11) is 2.03. The summed E-state index contributed by atoms with van der Waals surface area (Å²) in [5.74, 6) is 1.25. The van der Waals surface area contributed by atoms with Gasteiger partial charge in [-0.05, 0) is 61.7 Å². The number of likely N-dealkylation sites (tertiary alicyclic amines) is 1. The van der Waals surface area contributed by atoms with Crippen molar-refractivity contribution in [2.45, 2.75) is 31.0 Å². The van der Waals surface area contributed by atoms with E-state index in [4.69, 9.17) is 21.1 Å². The molecule has 2 atom stereocenters. The number of hydrogen-bond donors (Lipinski definition) is 2. The molecule has 0 aliphatic carbocycles. The monoisotopic (exact) mass is 525 g/mol. The van der Waals surface area contributed by atoms with Crippen molar-refractivity contribution in [1.29, 1.82) is 0 Å². The third-order valence-electron chi connectivity index (χ3n) is 7.43. The highest BCUT2D eigenvalue weighted by Gasteiger charge is 2.33. The van der Waals surface area contributed by atoms with E-state index in [1.165, 1.54) is 16.9 Å². The maximum Gasteiger partial charge on any atom is 0.346 e. The van der Waals surface area contributed by atoms with Crippen LogP contribution in [0.3, 0.4) is 0 Å². The number of nitrogens with one attached hydrogen (secondary N) is 1. The minimum Gasteiger partial charge on any atom is -0.485 e. The smallest absolute Gasteiger partial charge is 0.346 e. The lowest BCUT2D eigenvalue weighted by atomic mass is 9.88. The number of anilines is 2. The number of fused-ring (bicyclic) bond motifs is 2. The van der Waals surface area contributed by atoms with Gasteiger partial charge in [-0.25, -0.2) is 4.79 Å². The van der Waals surface area contributed by atoms with Gasteiger partial charge in [0.05, 0.1) is 5.69 Å². The summed E-state index contributed by atoms with van der Waals surface area (Å²) in [5, 5.41) is 14.4. The molecule has 4 heterocycles. The standard InChI is InChI=1S/C27H28ClN3O4S/c1-30-20-13-23(27(32)33)36-26(20)29-24(30)14-31-11-9-16(10-12-31)19-3-2-4-21-25(19)34-15-22(35-21)17-5-7-18(28)8-6-17/h2-8,13,16,22,24,29H,9-12,14-15H2,1H3,(H,32,33)/t22-,24?/m1/s1.